The summed E-state index contributed by atoms with van der Waals surface area (Å²) in [5, 5.41) is 3.95. The van der Waals surface area contributed by atoms with E-state index in [9.17, 15) is 13.2 Å². The van der Waals surface area contributed by atoms with Crippen LogP contribution in [0.1, 0.15) is 15.9 Å². The molecule has 0 fully saturated rings. The predicted molar refractivity (Wildman–Crippen MR) is 119 cm³/mol. The number of amides is 1. The molecule has 0 unspecified atom stereocenters. The summed E-state index contributed by atoms with van der Waals surface area (Å²) < 4.78 is 33.3. The molecule has 30 heavy (non-hydrogen) atoms. The van der Waals surface area contributed by atoms with Crippen molar-refractivity contribution in [3.8, 4) is 5.75 Å². The second kappa shape index (κ2) is 9.55. The lowest BCUT2D eigenvalue weighted by Gasteiger charge is -2.08. The van der Waals surface area contributed by atoms with Crippen LogP contribution in [0.25, 0.3) is 0 Å². The van der Waals surface area contributed by atoms with E-state index in [1.165, 1.54) is 42.6 Å². The van der Waals surface area contributed by atoms with Gasteiger partial charge in [-0.2, -0.15) is 5.10 Å². The minimum atomic E-state index is -3.69. The van der Waals surface area contributed by atoms with E-state index in [1.807, 2.05) is 12.1 Å². The fourth-order valence-corrected chi connectivity index (χ4v) is 3.99. The first-order valence-corrected chi connectivity index (χ1v) is 11.0. The summed E-state index contributed by atoms with van der Waals surface area (Å²) in [5.41, 5.74) is 3.80. The fourth-order valence-electron chi connectivity index (χ4n) is 2.53. The van der Waals surface area contributed by atoms with E-state index in [-0.39, 0.29) is 4.90 Å². The number of sulfonamides is 1. The molecule has 0 spiro atoms. The Labute approximate surface area is 183 Å². The number of hydrogen-bond donors (Lipinski definition) is 2. The van der Waals surface area contributed by atoms with Crippen molar-refractivity contribution in [2.45, 2.75) is 4.90 Å². The van der Waals surface area contributed by atoms with Gasteiger partial charge < -0.3 is 4.74 Å². The molecule has 9 heteroatoms. The minimum Gasteiger partial charge on any atom is -0.496 e. The Morgan fingerprint density at radius 3 is 2.40 bits per heavy atom. The van der Waals surface area contributed by atoms with Gasteiger partial charge in [0.1, 0.15) is 5.75 Å². The van der Waals surface area contributed by atoms with E-state index >= 15 is 0 Å². The van der Waals surface area contributed by atoms with Gasteiger partial charge in [0.2, 0.25) is 0 Å². The number of anilines is 1. The van der Waals surface area contributed by atoms with Gasteiger partial charge in [-0.05, 0) is 54.6 Å². The van der Waals surface area contributed by atoms with Crippen LogP contribution in [0.3, 0.4) is 0 Å². The topological polar surface area (TPSA) is 96.9 Å². The molecule has 2 N–H and O–H groups in total. The predicted octanol–water partition coefficient (Wildman–Crippen LogP) is 4.02. The highest BCUT2D eigenvalue weighted by molar-refractivity contribution is 9.10. The van der Waals surface area contributed by atoms with Gasteiger partial charge in [0.15, 0.2) is 0 Å². The van der Waals surface area contributed by atoms with E-state index in [0.29, 0.717) is 22.6 Å². The molecular weight excluding hydrogens is 470 g/mol. The molecule has 0 saturated heterocycles. The van der Waals surface area contributed by atoms with Gasteiger partial charge in [-0.15, -0.1) is 0 Å². The normalized spacial score (nSPS) is 11.3. The fraction of sp³-hybridized carbons (Fsp3) is 0.0476. The van der Waals surface area contributed by atoms with Crippen LogP contribution in [0.2, 0.25) is 0 Å². The molecule has 0 aromatic heterocycles. The number of carbonyl (C=O) groups excluding carboxylic acids is 1. The Bertz CT molecular complexity index is 1160. The lowest BCUT2D eigenvalue weighted by molar-refractivity contribution is 0.0955. The number of hydrazone groups is 1. The van der Waals surface area contributed by atoms with Crippen molar-refractivity contribution in [2.24, 2.45) is 5.10 Å². The SMILES string of the molecule is COc1ccc(Br)cc1/C=N/NC(=O)c1ccc(NS(=O)(=O)c2ccccc2)cc1. The second-order valence-electron chi connectivity index (χ2n) is 6.08. The Morgan fingerprint density at radius 2 is 1.73 bits per heavy atom. The Balaban J connectivity index is 1.65. The average molecular weight is 488 g/mol. The number of nitrogens with one attached hydrogen (secondary N) is 2. The first-order chi connectivity index (χ1) is 14.4. The molecule has 0 atom stereocenters. The van der Waals surface area contributed by atoms with Crippen molar-refractivity contribution in [3.05, 3.63) is 88.4 Å². The maximum atomic E-state index is 12.3. The van der Waals surface area contributed by atoms with Gasteiger partial charge in [-0.1, -0.05) is 34.1 Å². The highest BCUT2D eigenvalue weighted by Gasteiger charge is 2.13. The van der Waals surface area contributed by atoms with Crippen molar-refractivity contribution < 1.29 is 17.9 Å². The van der Waals surface area contributed by atoms with Gasteiger partial charge >= 0.3 is 0 Å². The number of rotatable bonds is 7. The summed E-state index contributed by atoms with van der Waals surface area (Å²) in [7, 11) is -2.14. The average Bonchev–Trinajstić information content (AvgIpc) is 2.75. The lowest BCUT2D eigenvalue weighted by atomic mass is 10.2. The summed E-state index contributed by atoms with van der Waals surface area (Å²) in [5.74, 6) is 0.184. The van der Waals surface area contributed by atoms with E-state index in [4.69, 9.17) is 4.74 Å². The maximum Gasteiger partial charge on any atom is 0.271 e. The lowest BCUT2D eigenvalue weighted by Crippen LogP contribution is -2.18. The van der Waals surface area contributed by atoms with Gasteiger partial charge in [0.25, 0.3) is 15.9 Å². The Hall–Kier alpha value is -3.17. The van der Waals surface area contributed by atoms with Crippen molar-refractivity contribution >= 4 is 43.8 Å². The van der Waals surface area contributed by atoms with E-state index in [0.717, 1.165) is 4.47 Å². The third kappa shape index (κ3) is 5.46. The number of nitrogens with zero attached hydrogens (tertiary/aromatic N) is 1. The van der Waals surface area contributed by atoms with Gasteiger partial charge in [0.05, 0.1) is 18.2 Å². The van der Waals surface area contributed by atoms with Crippen LogP contribution in [-0.2, 0) is 10.0 Å². The van der Waals surface area contributed by atoms with Crippen LogP contribution in [0.4, 0.5) is 5.69 Å². The number of halogens is 1. The summed E-state index contributed by atoms with van der Waals surface area (Å²) in [6.07, 6.45) is 1.48. The van der Waals surface area contributed by atoms with Crippen LogP contribution in [0.5, 0.6) is 5.75 Å². The molecule has 0 heterocycles. The molecule has 7 nitrogen and oxygen atoms in total. The molecule has 0 bridgehead atoms. The Kier molecular flexibility index (Phi) is 6.86. The standard InChI is InChI=1S/C21H18BrN3O4S/c1-29-20-12-9-17(22)13-16(20)14-23-24-21(26)15-7-10-18(11-8-15)25-30(27,28)19-5-3-2-4-6-19/h2-14,25H,1H3,(H,24,26)/b23-14+. The first kappa shape index (κ1) is 21.5. The molecule has 0 saturated carbocycles. The molecule has 0 aliphatic heterocycles. The van der Waals surface area contributed by atoms with Crippen LogP contribution >= 0.6 is 15.9 Å². The Morgan fingerprint density at radius 1 is 1.03 bits per heavy atom. The van der Waals surface area contributed by atoms with Crippen LogP contribution < -0.4 is 14.9 Å². The minimum absolute atomic E-state index is 0.157. The summed E-state index contributed by atoms with van der Waals surface area (Å²) in [6.45, 7) is 0. The zero-order chi connectivity index (χ0) is 21.6. The van der Waals surface area contributed by atoms with E-state index < -0.39 is 15.9 Å². The smallest absolute Gasteiger partial charge is 0.271 e. The van der Waals surface area contributed by atoms with Crippen LogP contribution in [0.15, 0.2) is 87.3 Å². The highest BCUT2D eigenvalue weighted by atomic mass is 79.9. The zero-order valence-electron chi connectivity index (χ0n) is 15.9. The van der Waals surface area contributed by atoms with Crippen molar-refractivity contribution in [2.75, 3.05) is 11.8 Å². The molecule has 3 aromatic carbocycles. The number of hydrogen-bond acceptors (Lipinski definition) is 5. The van der Waals surface area contributed by atoms with Crippen LogP contribution in [-0.4, -0.2) is 27.6 Å². The number of carbonyl (C=O) groups is 1. The largest absolute Gasteiger partial charge is 0.496 e. The zero-order valence-corrected chi connectivity index (χ0v) is 18.3. The third-order valence-corrected chi connectivity index (χ3v) is 5.90. The van der Waals surface area contributed by atoms with E-state index in [1.54, 1.807) is 31.4 Å². The number of benzene rings is 3. The quantitative estimate of drug-likeness (QED) is 0.388. The first-order valence-electron chi connectivity index (χ1n) is 8.74. The van der Waals surface area contributed by atoms with Gasteiger partial charge in [-0.25, -0.2) is 13.8 Å². The number of methoxy groups -OCH3 is 1. The molecule has 3 aromatic rings. The molecule has 3 rings (SSSR count). The number of ether oxygens (including phenoxy) is 1. The molecule has 0 aliphatic rings. The summed E-state index contributed by atoms with van der Waals surface area (Å²) in [6, 6.07) is 19.5. The van der Waals surface area contributed by atoms with Crippen LogP contribution in [0, 0.1) is 0 Å². The molecule has 0 aliphatic carbocycles. The van der Waals surface area contributed by atoms with Crippen molar-refractivity contribution in [1.82, 2.24) is 5.43 Å². The molecule has 1 amide bonds. The summed E-state index contributed by atoms with van der Waals surface area (Å²) >= 11 is 3.37. The highest BCUT2D eigenvalue weighted by Crippen LogP contribution is 2.21. The molecular formula is C21H18BrN3O4S. The van der Waals surface area contributed by atoms with Crippen molar-refractivity contribution in [3.63, 3.8) is 0 Å². The maximum absolute atomic E-state index is 12.3. The summed E-state index contributed by atoms with van der Waals surface area (Å²) in [4.78, 5) is 12.4. The second-order valence-corrected chi connectivity index (χ2v) is 8.68. The third-order valence-electron chi connectivity index (χ3n) is 4.01. The van der Waals surface area contributed by atoms with Gasteiger partial charge in [0, 0.05) is 21.3 Å². The van der Waals surface area contributed by atoms with Crippen molar-refractivity contribution in [1.29, 1.82) is 0 Å². The monoisotopic (exact) mass is 487 g/mol. The van der Waals surface area contributed by atoms with E-state index in [2.05, 4.69) is 31.2 Å². The molecule has 154 valence electrons. The van der Waals surface area contributed by atoms with Gasteiger partial charge in [-0.3, -0.25) is 9.52 Å². The molecule has 0 radical (unpaired) electrons.